The summed E-state index contributed by atoms with van der Waals surface area (Å²) >= 11 is 14.0. The SMILES string of the molecule is COc1ccc(Br)cc1C(=O)C(Br)C(Br)c1cccc(Br)c1. The molecule has 0 heterocycles. The predicted molar refractivity (Wildman–Crippen MR) is 104 cm³/mol. The molecule has 22 heavy (non-hydrogen) atoms. The lowest BCUT2D eigenvalue weighted by molar-refractivity contribution is 0.0988. The van der Waals surface area contributed by atoms with E-state index in [1.165, 1.54) is 0 Å². The van der Waals surface area contributed by atoms with Crippen LogP contribution in [0.1, 0.15) is 20.7 Å². The molecule has 2 aromatic carbocycles. The fourth-order valence-corrected chi connectivity index (χ4v) is 3.86. The molecule has 0 aliphatic rings. The van der Waals surface area contributed by atoms with E-state index in [4.69, 9.17) is 4.74 Å². The van der Waals surface area contributed by atoms with Gasteiger partial charge in [0, 0.05) is 8.95 Å². The van der Waals surface area contributed by atoms with E-state index < -0.39 is 4.83 Å². The molecule has 0 aliphatic heterocycles. The standard InChI is InChI=1S/C16H12Br4O2/c1-22-13-6-5-11(18)8-12(13)16(21)15(20)14(19)9-3-2-4-10(17)7-9/h2-8,14-15H,1H3. The maximum Gasteiger partial charge on any atom is 0.181 e. The van der Waals surface area contributed by atoms with Gasteiger partial charge >= 0.3 is 0 Å². The van der Waals surface area contributed by atoms with Crippen LogP contribution in [0.15, 0.2) is 51.4 Å². The highest BCUT2D eigenvalue weighted by molar-refractivity contribution is 9.12. The lowest BCUT2D eigenvalue weighted by atomic mass is 10.0. The molecule has 0 radical (unpaired) electrons. The van der Waals surface area contributed by atoms with Crippen LogP contribution >= 0.6 is 63.7 Å². The van der Waals surface area contributed by atoms with Crippen molar-refractivity contribution in [2.75, 3.05) is 7.11 Å². The van der Waals surface area contributed by atoms with Gasteiger partial charge in [0.1, 0.15) is 5.75 Å². The third-order valence-corrected chi connectivity index (χ3v) is 6.80. The molecule has 0 fully saturated rings. The zero-order valence-corrected chi connectivity index (χ0v) is 17.9. The molecule has 0 bridgehead atoms. The second-order valence-corrected chi connectivity index (χ2v) is 8.37. The Hall–Kier alpha value is -0.170. The minimum Gasteiger partial charge on any atom is -0.496 e. The van der Waals surface area contributed by atoms with Crippen molar-refractivity contribution in [3.05, 3.63) is 62.5 Å². The molecule has 0 N–H and O–H groups in total. The third-order valence-electron chi connectivity index (χ3n) is 3.10. The zero-order chi connectivity index (χ0) is 16.3. The van der Waals surface area contributed by atoms with Crippen molar-refractivity contribution in [3.8, 4) is 5.75 Å². The number of halogens is 4. The van der Waals surface area contributed by atoms with Gasteiger partial charge in [-0.05, 0) is 35.9 Å². The summed E-state index contributed by atoms with van der Waals surface area (Å²) in [5, 5.41) is 0. The summed E-state index contributed by atoms with van der Waals surface area (Å²) in [7, 11) is 1.56. The van der Waals surface area contributed by atoms with Crippen LogP contribution in [0.4, 0.5) is 0 Å². The first-order valence-electron chi connectivity index (χ1n) is 6.35. The number of methoxy groups -OCH3 is 1. The van der Waals surface area contributed by atoms with Gasteiger partial charge in [0.2, 0.25) is 0 Å². The van der Waals surface area contributed by atoms with Gasteiger partial charge in [-0.2, -0.15) is 0 Å². The van der Waals surface area contributed by atoms with Gasteiger partial charge in [-0.3, -0.25) is 4.79 Å². The monoisotopic (exact) mass is 552 g/mol. The molecule has 0 amide bonds. The highest BCUT2D eigenvalue weighted by atomic mass is 79.9. The summed E-state index contributed by atoms with van der Waals surface area (Å²) in [4.78, 5) is 12.2. The number of ketones is 1. The number of benzene rings is 2. The van der Waals surface area contributed by atoms with Crippen molar-refractivity contribution < 1.29 is 9.53 Å². The first kappa shape index (κ1) is 18.2. The predicted octanol–water partition coefficient (Wildman–Crippen LogP) is 6.30. The summed E-state index contributed by atoms with van der Waals surface area (Å²) in [6, 6.07) is 13.3. The number of alkyl halides is 2. The van der Waals surface area contributed by atoms with E-state index in [9.17, 15) is 4.79 Å². The smallest absolute Gasteiger partial charge is 0.181 e. The van der Waals surface area contributed by atoms with Gasteiger partial charge < -0.3 is 4.74 Å². The van der Waals surface area contributed by atoms with E-state index in [2.05, 4.69) is 63.7 Å². The van der Waals surface area contributed by atoms with Crippen molar-refractivity contribution in [2.45, 2.75) is 9.65 Å². The van der Waals surface area contributed by atoms with E-state index in [0.717, 1.165) is 14.5 Å². The van der Waals surface area contributed by atoms with Crippen LogP contribution in [0.3, 0.4) is 0 Å². The summed E-state index contributed by atoms with van der Waals surface area (Å²) in [5.74, 6) is 0.520. The Kier molecular flexibility index (Phi) is 6.68. The Labute approximate surface area is 163 Å². The molecule has 0 spiro atoms. The molecule has 2 atom stereocenters. The molecule has 6 heteroatoms. The highest BCUT2D eigenvalue weighted by Gasteiger charge is 2.28. The first-order chi connectivity index (χ1) is 10.4. The molecule has 0 aromatic heterocycles. The van der Waals surface area contributed by atoms with Crippen molar-refractivity contribution in [1.82, 2.24) is 0 Å². The van der Waals surface area contributed by atoms with Crippen LogP contribution in [0.5, 0.6) is 5.75 Å². The summed E-state index contributed by atoms with van der Waals surface area (Å²) in [5.41, 5.74) is 1.55. The van der Waals surface area contributed by atoms with E-state index in [1.54, 1.807) is 19.2 Å². The number of rotatable bonds is 5. The molecule has 2 rings (SSSR count). The Balaban J connectivity index is 2.31. The Bertz CT molecular complexity index is 688. The number of ether oxygens (including phenoxy) is 1. The fraction of sp³-hybridized carbons (Fsp3) is 0.188. The van der Waals surface area contributed by atoms with Crippen molar-refractivity contribution in [3.63, 3.8) is 0 Å². The van der Waals surface area contributed by atoms with Crippen molar-refractivity contribution in [1.29, 1.82) is 0 Å². The average molecular weight is 556 g/mol. The van der Waals surface area contributed by atoms with E-state index in [0.29, 0.717) is 11.3 Å². The summed E-state index contributed by atoms with van der Waals surface area (Å²) in [6.45, 7) is 0. The van der Waals surface area contributed by atoms with Gasteiger partial charge in [0.25, 0.3) is 0 Å². The summed E-state index contributed by atoms with van der Waals surface area (Å²) < 4.78 is 7.10. The quantitative estimate of drug-likeness (QED) is 0.320. The minimum atomic E-state index is -0.412. The highest BCUT2D eigenvalue weighted by Crippen LogP contribution is 2.36. The molecule has 2 aromatic rings. The topological polar surface area (TPSA) is 26.3 Å². The van der Waals surface area contributed by atoms with Gasteiger partial charge in [0.15, 0.2) is 5.78 Å². The first-order valence-corrected chi connectivity index (χ1v) is 9.77. The van der Waals surface area contributed by atoms with Gasteiger partial charge in [-0.15, -0.1) is 0 Å². The number of Topliss-reactive ketones (excluding diaryl/α,β-unsaturated/α-hetero) is 1. The molecular weight excluding hydrogens is 544 g/mol. The number of hydrogen-bond acceptors (Lipinski definition) is 2. The Morgan fingerprint density at radius 2 is 1.73 bits per heavy atom. The zero-order valence-electron chi connectivity index (χ0n) is 11.5. The largest absolute Gasteiger partial charge is 0.496 e. The van der Waals surface area contributed by atoms with Crippen LogP contribution in [0, 0.1) is 0 Å². The van der Waals surface area contributed by atoms with Crippen LogP contribution in [-0.4, -0.2) is 17.7 Å². The second kappa shape index (κ2) is 8.08. The van der Waals surface area contributed by atoms with Crippen molar-refractivity contribution >= 4 is 69.5 Å². The summed E-state index contributed by atoms with van der Waals surface area (Å²) in [6.07, 6.45) is 0. The van der Waals surface area contributed by atoms with E-state index in [-0.39, 0.29) is 10.6 Å². The second-order valence-electron chi connectivity index (χ2n) is 4.57. The number of carbonyl (C=O) groups excluding carboxylic acids is 1. The Morgan fingerprint density at radius 1 is 1.05 bits per heavy atom. The van der Waals surface area contributed by atoms with E-state index in [1.807, 2.05) is 30.3 Å². The number of carbonyl (C=O) groups is 1. The molecule has 0 saturated carbocycles. The fourth-order valence-electron chi connectivity index (χ4n) is 2.00. The van der Waals surface area contributed by atoms with Crippen LogP contribution in [0.2, 0.25) is 0 Å². The van der Waals surface area contributed by atoms with Gasteiger partial charge in [-0.25, -0.2) is 0 Å². The Morgan fingerprint density at radius 3 is 2.36 bits per heavy atom. The maximum absolute atomic E-state index is 12.8. The van der Waals surface area contributed by atoms with Gasteiger partial charge in [-0.1, -0.05) is 75.9 Å². The minimum absolute atomic E-state index is 0.0417. The maximum atomic E-state index is 12.8. The molecule has 116 valence electrons. The lowest BCUT2D eigenvalue weighted by Crippen LogP contribution is -2.20. The van der Waals surface area contributed by atoms with Crippen LogP contribution in [-0.2, 0) is 0 Å². The lowest BCUT2D eigenvalue weighted by Gasteiger charge is -2.18. The van der Waals surface area contributed by atoms with Crippen LogP contribution in [0.25, 0.3) is 0 Å². The normalized spacial score (nSPS) is 13.5. The molecule has 0 saturated heterocycles. The van der Waals surface area contributed by atoms with E-state index >= 15 is 0 Å². The van der Waals surface area contributed by atoms with Gasteiger partial charge in [0.05, 0.1) is 22.3 Å². The van der Waals surface area contributed by atoms with Crippen LogP contribution < -0.4 is 4.74 Å². The average Bonchev–Trinajstić information content (AvgIpc) is 2.52. The molecule has 0 aliphatic carbocycles. The molecule has 2 unspecified atom stereocenters. The van der Waals surface area contributed by atoms with Crippen molar-refractivity contribution in [2.24, 2.45) is 0 Å². The molecular formula is C16H12Br4O2. The third kappa shape index (κ3) is 4.22. The number of hydrogen-bond donors (Lipinski definition) is 0. The molecule has 2 nitrogen and oxygen atoms in total.